The van der Waals surface area contributed by atoms with Crippen molar-refractivity contribution in [2.45, 2.75) is 6.92 Å². The van der Waals surface area contributed by atoms with Crippen molar-refractivity contribution < 1.29 is 14.8 Å². The van der Waals surface area contributed by atoms with Gasteiger partial charge in [0, 0.05) is 25.2 Å². The Morgan fingerprint density at radius 1 is 1.33 bits per heavy atom. The summed E-state index contributed by atoms with van der Waals surface area (Å²) in [7, 11) is 0. The number of nitro groups is 1. The van der Waals surface area contributed by atoms with Crippen molar-refractivity contribution >= 4 is 5.69 Å². The van der Waals surface area contributed by atoms with Gasteiger partial charge in [-0.15, -0.1) is 0 Å². The fourth-order valence-electron chi connectivity index (χ4n) is 1.53. The largest absolute Gasteiger partial charge is 0.492 e. The maximum absolute atomic E-state index is 10.5. The molecule has 18 heavy (non-hydrogen) atoms. The first-order valence-electron chi connectivity index (χ1n) is 5.87. The minimum absolute atomic E-state index is 0.0535. The summed E-state index contributed by atoms with van der Waals surface area (Å²) in [5, 5.41) is 19.3. The monoisotopic (exact) mass is 254 g/mol. The molecule has 0 fully saturated rings. The van der Waals surface area contributed by atoms with Crippen LogP contribution >= 0.6 is 0 Å². The van der Waals surface area contributed by atoms with Crippen molar-refractivity contribution in [3.8, 4) is 5.75 Å². The molecule has 6 heteroatoms. The Balaban J connectivity index is 2.37. The Labute approximate surface area is 106 Å². The number of nitrogens with zero attached hydrogens (tertiary/aromatic N) is 2. The third kappa shape index (κ3) is 4.68. The summed E-state index contributed by atoms with van der Waals surface area (Å²) in [5.74, 6) is 0.612. The molecule has 1 aromatic rings. The first-order valence-corrected chi connectivity index (χ1v) is 5.87. The zero-order chi connectivity index (χ0) is 13.4. The number of nitro benzene ring substituents is 1. The molecule has 0 amide bonds. The third-order valence-electron chi connectivity index (χ3n) is 2.59. The number of ether oxygens (including phenoxy) is 1. The van der Waals surface area contributed by atoms with Gasteiger partial charge in [0.05, 0.1) is 11.5 Å². The minimum atomic E-state index is -0.441. The highest BCUT2D eigenvalue weighted by atomic mass is 16.6. The molecule has 0 saturated carbocycles. The summed E-state index contributed by atoms with van der Waals surface area (Å²) in [5.41, 5.74) is 0.0535. The van der Waals surface area contributed by atoms with Crippen LogP contribution in [0.3, 0.4) is 0 Å². The highest BCUT2D eigenvalue weighted by Gasteiger charge is 2.05. The molecule has 0 atom stereocenters. The summed E-state index contributed by atoms with van der Waals surface area (Å²) >= 11 is 0. The Kier molecular flexibility index (Phi) is 6.10. The zero-order valence-corrected chi connectivity index (χ0v) is 10.4. The predicted molar refractivity (Wildman–Crippen MR) is 67.8 cm³/mol. The van der Waals surface area contributed by atoms with E-state index in [-0.39, 0.29) is 12.3 Å². The maximum atomic E-state index is 10.5. The Hall–Kier alpha value is -1.66. The molecule has 6 nitrogen and oxygen atoms in total. The van der Waals surface area contributed by atoms with Crippen LogP contribution in [-0.4, -0.2) is 47.8 Å². The lowest BCUT2D eigenvalue weighted by Crippen LogP contribution is -2.30. The highest BCUT2D eigenvalue weighted by Crippen LogP contribution is 2.17. The molecule has 0 bridgehead atoms. The highest BCUT2D eigenvalue weighted by molar-refractivity contribution is 5.35. The van der Waals surface area contributed by atoms with Crippen LogP contribution in [0.5, 0.6) is 5.75 Å². The van der Waals surface area contributed by atoms with E-state index in [0.717, 1.165) is 6.54 Å². The molecule has 0 unspecified atom stereocenters. The van der Waals surface area contributed by atoms with Gasteiger partial charge < -0.3 is 9.84 Å². The van der Waals surface area contributed by atoms with E-state index >= 15 is 0 Å². The van der Waals surface area contributed by atoms with Gasteiger partial charge >= 0.3 is 0 Å². The van der Waals surface area contributed by atoms with Crippen LogP contribution in [-0.2, 0) is 0 Å². The molecule has 1 N–H and O–H groups in total. The van der Waals surface area contributed by atoms with E-state index in [2.05, 4.69) is 4.90 Å². The maximum Gasteiger partial charge on any atom is 0.269 e. The fourth-order valence-corrected chi connectivity index (χ4v) is 1.53. The van der Waals surface area contributed by atoms with E-state index in [0.29, 0.717) is 25.4 Å². The molecule has 0 radical (unpaired) electrons. The number of likely N-dealkylation sites (N-methyl/N-ethyl adjacent to an activating group) is 1. The topological polar surface area (TPSA) is 75.8 Å². The molecule has 100 valence electrons. The second-order valence-electron chi connectivity index (χ2n) is 3.76. The van der Waals surface area contributed by atoms with Crippen molar-refractivity contribution in [2.75, 3.05) is 32.8 Å². The zero-order valence-electron chi connectivity index (χ0n) is 10.4. The number of benzene rings is 1. The third-order valence-corrected chi connectivity index (χ3v) is 2.59. The lowest BCUT2D eigenvalue weighted by atomic mass is 10.3. The SMILES string of the molecule is CCN(CCO)CCOc1ccc([N+](=O)[O-])cc1. The number of aliphatic hydroxyl groups excluding tert-OH is 1. The molecule has 1 aromatic carbocycles. The fraction of sp³-hybridized carbons (Fsp3) is 0.500. The van der Waals surface area contributed by atoms with E-state index in [1.807, 2.05) is 6.92 Å². The van der Waals surface area contributed by atoms with E-state index in [4.69, 9.17) is 9.84 Å². The quantitative estimate of drug-likeness (QED) is 0.558. The Bertz CT molecular complexity index is 367. The van der Waals surface area contributed by atoms with Crippen LogP contribution in [0.2, 0.25) is 0 Å². The second-order valence-corrected chi connectivity index (χ2v) is 3.76. The van der Waals surface area contributed by atoms with Crippen LogP contribution in [0, 0.1) is 10.1 Å². The molecule has 0 aliphatic carbocycles. The molecular weight excluding hydrogens is 236 g/mol. The molecule has 1 rings (SSSR count). The smallest absolute Gasteiger partial charge is 0.269 e. The van der Waals surface area contributed by atoms with Crippen molar-refractivity contribution in [3.63, 3.8) is 0 Å². The minimum Gasteiger partial charge on any atom is -0.492 e. The average Bonchev–Trinajstić information content (AvgIpc) is 2.38. The summed E-state index contributed by atoms with van der Waals surface area (Å²) in [4.78, 5) is 12.1. The first kappa shape index (κ1) is 14.4. The van der Waals surface area contributed by atoms with Crippen molar-refractivity contribution in [2.24, 2.45) is 0 Å². The Morgan fingerprint density at radius 3 is 2.50 bits per heavy atom. The van der Waals surface area contributed by atoms with Crippen molar-refractivity contribution in [3.05, 3.63) is 34.4 Å². The predicted octanol–water partition coefficient (Wildman–Crippen LogP) is 1.29. The first-order chi connectivity index (χ1) is 8.67. The van der Waals surface area contributed by atoms with Gasteiger partial charge in [-0.2, -0.15) is 0 Å². The van der Waals surface area contributed by atoms with Gasteiger partial charge in [0.15, 0.2) is 0 Å². The number of hydrogen-bond donors (Lipinski definition) is 1. The van der Waals surface area contributed by atoms with E-state index in [9.17, 15) is 10.1 Å². The number of hydrogen-bond acceptors (Lipinski definition) is 5. The second kappa shape index (κ2) is 7.62. The molecule has 0 aliphatic rings. The van der Waals surface area contributed by atoms with Gasteiger partial charge in [-0.3, -0.25) is 15.0 Å². The summed E-state index contributed by atoms with van der Waals surface area (Å²) in [6, 6.07) is 6.00. The van der Waals surface area contributed by atoms with E-state index < -0.39 is 4.92 Å². The molecular formula is C12H18N2O4. The van der Waals surface area contributed by atoms with Gasteiger partial charge in [-0.05, 0) is 18.7 Å². The number of non-ortho nitro benzene ring substituents is 1. The van der Waals surface area contributed by atoms with Gasteiger partial charge in [-0.25, -0.2) is 0 Å². The van der Waals surface area contributed by atoms with Crippen LogP contribution in [0.15, 0.2) is 24.3 Å². The Morgan fingerprint density at radius 2 is 2.00 bits per heavy atom. The van der Waals surface area contributed by atoms with Crippen LogP contribution in [0.4, 0.5) is 5.69 Å². The standard InChI is InChI=1S/C12H18N2O4/c1-2-13(7-9-15)8-10-18-12-5-3-11(4-6-12)14(16)17/h3-6,15H,2,7-10H2,1H3. The molecule has 0 aliphatic heterocycles. The molecule has 0 aromatic heterocycles. The van der Waals surface area contributed by atoms with Crippen LogP contribution in [0.1, 0.15) is 6.92 Å². The number of aliphatic hydroxyl groups is 1. The molecule has 0 saturated heterocycles. The van der Waals surface area contributed by atoms with Gasteiger partial charge in [0.2, 0.25) is 0 Å². The summed E-state index contributed by atoms with van der Waals surface area (Å²) in [6.07, 6.45) is 0. The lowest BCUT2D eigenvalue weighted by Gasteiger charge is -2.18. The van der Waals surface area contributed by atoms with Gasteiger partial charge in [0.1, 0.15) is 12.4 Å². The normalized spacial score (nSPS) is 10.6. The van der Waals surface area contributed by atoms with E-state index in [1.54, 1.807) is 12.1 Å². The number of rotatable bonds is 8. The molecule has 0 heterocycles. The summed E-state index contributed by atoms with van der Waals surface area (Å²) in [6.45, 7) is 4.83. The van der Waals surface area contributed by atoms with Gasteiger partial charge in [-0.1, -0.05) is 6.92 Å². The van der Waals surface area contributed by atoms with Crippen molar-refractivity contribution in [1.82, 2.24) is 4.90 Å². The lowest BCUT2D eigenvalue weighted by molar-refractivity contribution is -0.384. The van der Waals surface area contributed by atoms with Crippen LogP contribution in [0.25, 0.3) is 0 Å². The summed E-state index contributed by atoms with van der Waals surface area (Å²) < 4.78 is 5.47. The average molecular weight is 254 g/mol. The molecule has 0 spiro atoms. The van der Waals surface area contributed by atoms with E-state index in [1.165, 1.54) is 12.1 Å². The van der Waals surface area contributed by atoms with Crippen LogP contribution < -0.4 is 4.74 Å². The van der Waals surface area contributed by atoms with Crippen molar-refractivity contribution in [1.29, 1.82) is 0 Å². The van der Waals surface area contributed by atoms with Gasteiger partial charge in [0.25, 0.3) is 5.69 Å².